The lowest BCUT2D eigenvalue weighted by Gasteiger charge is -2.35. The second-order valence-corrected chi connectivity index (χ2v) is 8.10. The van der Waals surface area contributed by atoms with Gasteiger partial charge in [0.25, 0.3) is 5.91 Å². The van der Waals surface area contributed by atoms with E-state index >= 15 is 0 Å². The predicted octanol–water partition coefficient (Wildman–Crippen LogP) is 3.11. The summed E-state index contributed by atoms with van der Waals surface area (Å²) in [7, 11) is 0. The van der Waals surface area contributed by atoms with Gasteiger partial charge in [0.15, 0.2) is 11.5 Å². The van der Waals surface area contributed by atoms with Gasteiger partial charge in [-0.05, 0) is 41.3 Å². The molecule has 158 valence electrons. The van der Waals surface area contributed by atoms with E-state index in [-0.39, 0.29) is 11.8 Å². The quantitative estimate of drug-likeness (QED) is 0.780. The summed E-state index contributed by atoms with van der Waals surface area (Å²) in [5.74, 6) is 1.97. The molecule has 30 heavy (non-hydrogen) atoms. The maximum atomic E-state index is 12.8. The molecule has 0 aromatic heterocycles. The van der Waals surface area contributed by atoms with E-state index < -0.39 is 0 Å². The molecule has 0 aliphatic carbocycles. The van der Waals surface area contributed by atoms with Crippen LogP contribution < -0.4 is 9.47 Å². The molecule has 0 N–H and O–H groups in total. The molecular weight excluding hydrogens is 380 g/mol. The number of rotatable bonds is 4. The Labute approximate surface area is 177 Å². The maximum Gasteiger partial charge on any atom is 0.253 e. The van der Waals surface area contributed by atoms with E-state index in [4.69, 9.17) is 9.47 Å². The number of carbonyl (C=O) groups is 2. The monoisotopic (exact) mass is 408 g/mol. The number of carbonyl (C=O) groups excluding carboxylic acids is 2. The lowest BCUT2D eigenvalue weighted by Crippen LogP contribution is -2.51. The molecule has 0 atom stereocenters. The first kappa shape index (κ1) is 20.3. The van der Waals surface area contributed by atoms with Crippen LogP contribution in [0.2, 0.25) is 0 Å². The molecule has 2 aromatic carbocycles. The fourth-order valence-electron chi connectivity index (χ4n) is 3.84. The van der Waals surface area contributed by atoms with Crippen LogP contribution in [0, 0.1) is 0 Å². The summed E-state index contributed by atoms with van der Waals surface area (Å²) in [4.78, 5) is 29.2. The molecule has 2 aliphatic heterocycles. The molecule has 0 radical (unpaired) electrons. The van der Waals surface area contributed by atoms with Crippen molar-refractivity contribution >= 4 is 11.8 Å². The smallest absolute Gasteiger partial charge is 0.253 e. The van der Waals surface area contributed by atoms with Gasteiger partial charge in [0.1, 0.15) is 13.2 Å². The average molecular weight is 408 g/mol. The molecule has 2 heterocycles. The first-order valence-electron chi connectivity index (χ1n) is 10.6. The van der Waals surface area contributed by atoms with Crippen molar-refractivity contribution in [3.63, 3.8) is 0 Å². The zero-order valence-electron chi connectivity index (χ0n) is 17.6. The number of hydrogen-bond acceptors (Lipinski definition) is 4. The number of benzene rings is 2. The summed E-state index contributed by atoms with van der Waals surface area (Å²) < 4.78 is 11.1. The Morgan fingerprint density at radius 3 is 2.17 bits per heavy atom. The molecule has 6 heteroatoms. The number of fused-ring (bicyclic) bond motifs is 1. The van der Waals surface area contributed by atoms with Crippen LogP contribution in [0.15, 0.2) is 42.5 Å². The molecule has 4 rings (SSSR count). The van der Waals surface area contributed by atoms with Gasteiger partial charge >= 0.3 is 0 Å². The lowest BCUT2D eigenvalue weighted by atomic mass is 10.0. The van der Waals surface area contributed by atoms with E-state index in [9.17, 15) is 9.59 Å². The Kier molecular flexibility index (Phi) is 5.93. The number of amides is 2. The lowest BCUT2D eigenvalue weighted by molar-refractivity contribution is -0.131. The molecule has 0 saturated carbocycles. The second-order valence-electron chi connectivity index (χ2n) is 8.10. The van der Waals surface area contributed by atoms with Gasteiger partial charge in [0.2, 0.25) is 5.91 Å². The molecule has 0 spiro atoms. The molecule has 6 nitrogen and oxygen atoms in total. The van der Waals surface area contributed by atoms with Crippen LogP contribution in [0.3, 0.4) is 0 Å². The third kappa shape index (κ3) is 4.42. The molecule has 1 saturated heterocycles. The van der Waals surface area contributed by atoms with Crippen LogP contribution >= 0.6 is 0 Å². The standard InChI is InChI=1S/C24H28N2O4/c1-17(2)19-4-6-20(7-5-19)24(28)26-11-9-25(10-12-26)23(27)16-18-3-8-21-22(15-18)30-14-13-29-21/h3-8,15,17H,9-14,16H2,1-2H3. The van der Waals surface area contributed by atoms with E-state index in [2.05, 4.69) is 13.8 Å². The van der Waals surface area contributed by atoms with E-state index in [1.165, 1.54) is 5.56 Å². The Hall–Kier alpha value is -3.02. The zero-order chi connectivity index (χ0) is 21.1. The van der Waals surface area contributed by atoms with Gasteiger partial charge in [0.05, 0.1) is 6.42 Å². The summed E-state index contributed by atoms with van der Waals surface area (Å²) in [6, 6.07) is 13.5. The van der Waals surface area contributed by atoms with Crippen LogP contribution in [0.25, 0.3) is 0 Å². The highest BCUT2D eigenvalue weighted by molar-refractivity contribution is 5.94. The van der Waals surface area contributed by atoms with Gasteiger partial charge < -0.3 is 19.3 Å². The molecule has 2 aromatic rings. The zero-order valence-corrected chi connectivity index (χ0v) is 17.6. The predicted molar refractivity (Wildman–Crippen MR) is 114 cm³/mol. The third-order valence-electron chi connectivity index (χ3n) is 5.71. The van der Waals surface area contributed by atoms with Crippen molar-refractivity contribution in [2.45, 2.75) is 26.2 Å². The summed E-state index contributed by atoms with van der Waals surface area (Å²) >= 11 is 0. The van der Waals surface area contributed by atoms with Gasteiger partial charge in [-0.1, -0.05) is 32.0 Å². The molecule has 0 bridgehead atoms. The Balaban J connectivity index is 1.31. The summed E-state index contributed by atoms with van der Waals surface area (Å²) in [5, 5.41) is 0. The van der Waals surface area contributed by atoms with Gasteiger partial charge in [0, 0.05) is 31.7 Å². The van der Waals surface area contributed by atoms with Gasteiger partial charge in [-0.25, -0.2) is 0 Å². The van der Waals surface area contributed by atoms with Gasteiger partial charge in [-0.15, -0.1) is 0 Å². The SMILES string of the molecule is CC(C)c1ccc(C(=O)N2CCN(C(=O)Cc3ccc4c(c3)OCCO4)CC2)cc1. The minimum absolute atomic E-state index is 0.0317. The number of hydrogen-bond donors (Lipinski definition) is 0. The van der Waals surface area contributed by atoms with Crippen LogP contribution in [0.4, 0.5) is 0 Å². The van der Waals surface area contributed by atoms with E-state index in [0.29, 0.717) is 63.0 Å². The Bertz CT molecular complexity index is 915. The Morgan fingerprint density at radius 1 is 0.867 bits per heavy atom. The van der Waals surface area contributed by atoms with Crippen LogP contribution in [0.1, 0.15) is 41.3 Å². The normalized spacial score (nSPS) is 16.0. The topological polar surface area (TPSA) is 59.1 Å². The fraction of sp³-hybridized carbons (Fsp3) is 0.417. The van der Waals surface area contributed by atoms with E-state index in [1.54, 1.807) is 0 Å². The first-order valence-corrected chi connectivity index (χ1v) is 10.6. The first-order chi connectivity index (χ1) is 14.5. The van der Waals surface area contributed by atoms with Gasteiger partial charge in [-0.2, -0.15) is 0 Å². The number of nitrogens with zero attached hydrogens (tertiary/aromatic N) is 2. The van der Waals surface area contributed by atoms with Gasteiger partial charge in [-0.3, -0.25) is 9.59 Å². The minimum atomic E-state index is 0.0317. The Morgan fingerprint density at radius 2 is 1.50 bits per heavy atom. The average Bonchev–Trinajstić information content (AvgIpc) is 2.78. The second kappa shape index (κ2) is 8.78. The van der Waals surface area contributed by atoms with Crippen LogP contribution in [-0.4, -0.2) is 61.0 Å². The largest absolute Gasteiger partial charge is 0.486 e. The highest BCUT2D eigenvalue weighted by Gasteiger charge is 2.25. The fourth-order valence-corrected chi connectivity index (χ4v) is 3.84. The third-order valence-corrected chi connectivity index (χ3v) is 5.71. The highest BCUT2D eigenvalue weighted by Crippen LogP contribution is 2.31. The van der Waals surface area contributed by atoms with Crippen molar-refractivity contribution in [3.8, 4) is 11.5 Å². The van der Waals surface area contributed by atoms with Crippen molar-refractivity contribution in [2.75, 3.05) is 39.4 Å². The minimum Gasteiger partial charge on any atom is -0.486 e. The highest BCUT2D eigenvalue weighted by atomic mass is 16.6. The van der Waals surface area contributed by atoms with Crippen molar-refractivity contribution in [1.82, 2.24) is 9.80 Å². The van der Waals surface area contributed by atoms with E-state index in [1.807, 2.05) is 52.3 Å². The van der Waals surface area contributed by atoms with Crippen molar-refractivity contribution < 1.29 is 19.1 Å². The van der Waals surface area contributed by atoms with Crippen molar-refractivity contribution in [3.05, 3.63) is 59.2 Å². The summed E-state index contributed by atoms with van der Waals surface area (Å²) in [6.07, 6.45) is 0.321. The van der Waals surface area contributed by atoms with E-state index in [0.717, 1.165) is 11.3 Å². The van der Waals surface area contributed by atoms with Crippen molar-refractivity contribution in [2.24, 2.45) is 0 Å². The number of piperazine rings is 1. The molecule has 2 amide bonds. The molecule has 0 unspecified atom stereocenters. The van der Waals surface area contributed by atoms with Crippen LogP contribution in [-0.2, 0) is 11.2 Å². The van der Waals surface area contributed by atoms with Crippen molar-refractivity contribution in [1.29, 1.82) is 0 Å². The summed E-state index contributed by atoms with van der Waals surface area (Å²) in [5.41, 5.74) is 2.84. The van der Waals surface area contributed by atoms with Crippen LogP contribution in [0.5, 0.6) is 11.5 Å². The number of ether oxygens (including phenoxy) is 2. The molecular formula is C24H28N2O4. The maximum absolute atomic E-state index is 12.8. The summed E-state index contributed by atoms with van der Waals surface area (Å²) in [6.45, 7) is 7.57. The molecule has 1 fully saturated rings. The molecule has 2 aliphatic rings.